The Hall–Kier alpha value is -4.77. The number of anilines is 4. The van der Waals surface area contributed by atoms with Crippen LogP contribution in [0.2, 0.25) is 5.28 Å². The van der Waals surface area contributed by atoms with Gasteiger partial charge in [0.15, 0.2) is 0 Å². The topological polar surface area (TPSA) is 104 Å². The Kier molecular flexibility index (Phi) is 6.22. The van der Waals surface area contributed by atoms with E-state index in [4.69, 9.17) is 11.6 Å². The number of nitrogens with zero attached hydrogens (tertiary/aromatic N) is 5. The number of hydrogen-bond donors (Lipinski definition) is 3. The second-order valence-electron chi connectivity index (χ2n) is 9.15. The minimum Gasteiger partial charge on any atom is -0.346 e. The first-order chi connectivity index (χ1) is 19.2. The molecule has 4 aromatic heterocycles. The molecule has 0 unspecified atom stereocenters. The van der Waals surface area contributed by atoms with Crippen molar-refractivity contribution in [3.05, 3.63) is 89.4 Å². The fourth-order valence-electron chi connectivity index (χ4n) is 4.52. The van der Waals surface area contributed by atoms with Crippen molar-refractivity contribution in [3.63, 3.8) is 0 Å². The van der Waals surface area contributed by atoms with Crippen molar-refractivity contribution >= 4 is 56.4 Å². The van der Waals surface area contributed by atoms with Crippen LogP contribution >= 0.6 is 11.6 Å². The van der Waals surface area contributed by atoms with Crippen LogP contribution < -0.4 is 10.6 Å². The maximum Gasteiger partial charge on any atom is 0.416 e. The number of nitrogens with one attached hydrogen (secondary N) is 3. The number of halogens is 4. The van der Waals surface area contributed by atoms with E-state index in [1.54, 1.807) is 25.5 Å². The van der Waals surface area contributed by atoms with Gasteiger partial charge < -0.3 is 15.6 Å². The summed E-state index contributed by atoms with van der Waals surface area (Å²) in [5.74, 6) is 0.839. The smallest absolute Gasteiger partial charge is 0.346 e. The molecule has 3 N–H and O–H groups in total. The molecule has 200 valence electrons. The predicted octanol–water partition coefficient (Wildman–Crippen LogP) is 7.74. The van der Waals surface area contributed by atoms with Crippen molar-refractivity contribution in [2.45, 2.75) is 20.0 Å². The Balaban J connectivity index is 1.45. The maximum atomic E-state index is 13.4. The average molecular weight is 561 g/mol. The molecule has 0 saturated carbocycles. The third-order valence-electron chi connectivity index (χ3n) is 6.58. The molecular weight excluding hydrogens is 541 g/mol. The molecule has 8 nitrogen and oxygen atoms in total. The lowest BCUT2D eigenvalue weighted by Gasteiger charge is -2.18. The summed E-state index contributed by atoms with van der Waals surface area (Å²) in [5.41, 5.74) is 3.74. The molecule has 0 bridgehead atoms. The number of aromatic nitrogens is 6. The molecule has 0 aliphatic rings. The first kappa shape index (κ1) is 25.5. The standard InChI is InChI=1S/C28H20ClF3N8/c1-14-3-5-16(28(30,31)32)11-21(14)38-25-18-6-4-15(2)22(17(18)7-9-34-25)39-26-20(12-35-27(29)40-26)23-19-8-10-33-24(19)37-13-36-23/h3-13H,1-2H3,(H,34,38)(H,33,36,37)(H,35,39,40). The van der Waals surface area contributed by atoms with Gasteiger partial charge in [0.2, 0.25) is 5.28 Å². The SMILES string of the molecule is Cc1ccc(C(F)(F)F)cc1Nc1nccc2c(Nc3nc(Cl)ncc3-c3ncnc4[nH]ccc34)c(C)ccc12. The molecule has 12 heteroatoms. The number of H-pyrrole nitrogens is 1. The van der Waals surface area contributed by atoms with Crippen molar-refractivity contribution in [1.82, 2.24) is 29.9 Å². The normalized spacial score (nSPS) is 11.8. The largest absolute Gasteiger partial charge is 0.416 e. The second kappa shape index (κ2) is 9.76. The van der Waals surface area contributed by atoms with Crippen LogP contribution in [-0.4, -0.2) is 29.9 Å². The molecule has 0 radical (unpaired) electrons. The molecule has 6 rings (SSSR count). The van der Waals surface area contributed by atoms with Crippen molar-refractivity contribution < 1.29 is 13.2 Å². The van der Waals surface area contributed by atoms with Gasteiger partial charge in [-0.05, 0) is 60.8 Å². The summed E-state index contributed by atoms with van der Waals surface area (Å²) in [6, 6.07) is 11.0. The van der Waals surface area contributed by atoms with E-state index in [2.05, 4.69) is 40.5 Å². The number of hydrogen-bond acceptors (Lipinski definition) is 7. The Morgan fingerprint density at radius 2 is 1.65 bits per heavy atom. The molecule has 40 heavy (non-hydrogen) atoms. The van der Waals surface area contributed by atoms with Gasteiger partial charge in [-0.25, -0.2) is 19.9 Å². The molecule has 2 aromatic carbocycles. The van der Waals surface area contributed by atoms with E-state index in [9.17, 15) is 13.2 Å². The van der Waals surface area contributed by atoms with Gasteiger partial charge in [0.05, 0.1) is 22.5 Å². The lowest BCUT2D eigenvalue weighted by molar-refractivity contribution is -0.137. The van der Waals surface area contributed by atoms with Crippen LogP contribution in [0.15, 0.2) is 67.4 Å². The summed E-state index contributed by atoms with van der Waals surface area (Å²) in [5, 5.41) is 8.81. The minimum atomic E-state index is -4.46. The van der Waals surface area contributed by atoms with Gasteiger partial charge >= 0.3 is 6.18 Å². The van der Waals surface area contributed by atoms with E-state index < -0.39 is 11.7 Å². The van der Waals surface area contributed by atoms with Crippen LogP contribution in [0.1, 0.15) is 16.7 Å². The van der Waals surface area contributed by atoms with Gasteiger partial charge in [-0.2, -0.15) is 18.2 Å². The number of aryl methyl sites for hydroxylation is 2. The summed E-state index contributed by atoms with van der Waals surface area (Å²) in [7, 11) is 0. The molecule has 0 saturated heterocycles. The van der Waals surface area contributed by atoms with Gasteiger partial charge in [-0.15, -0.1) is 0 Å². The van der Waals surface area contributed by atoms with E-state index in [-0.39, 0.29) is 5.28 Å². The highest BCUT2D eigenvalue weighted by Crippen LogP contribution is 2.38. The Morgan fingerprint density at radius 3 is 2.48 bits per heavy atom. The van der Waals surface area contributed by atoms with Crippen molar-refractivity contribution in [2.75, 3.05) is 10.6 Å². The van der Waals surface area contributed by atoms with Gasteiger partial charge in [0, 0.05) is 40.4 Å². The van der Waals surface area contributed by atoms with Gasteiger partial charge in [0.25, 0.3) is 0 Å². The summed E-state index contributed by atoms with van der Waals surface area (Å²) in [6.07, 6.45) is 1.96. The minimum absolute atomic E-state index is 0.0487. The van der Waals surface area contributed by atoms with E-state index in [1.807, 2.05) is 31.2 Å². The zero-order chi connectivity index (χ0) is 28.0. The van der Waals surface area contributed by atoms with Crippen LogP contribution in [0, 0.1) is 13.8 Å². The lowest BCUT2D eigenvalue weighted by Crippen LogP contribution is -2.06. The zero-order valence-corrected chi connectivity index (χ0v) is 21.9. The first-order valence-electron chi connectivity index (χ1n) is 12.1. The number of rotatable bonds is 5. The quantitative estimate of drug-likeness (QED) is 0.185. The summed E-state index contributed by atoms with van der Waals surface area (Å²) >= 11 is 6.20. The van der Waals surface area contributed by atoms with E-state index in [0.29, 0.717) is 45.2 Å². The highest BCUT2D eigenvalue weighted by molar-refractivity contribution is 6.28. The van der Waals surface area contributed by atoms with Crippen LogP contribution in [0.3, 0.4) is 0 Å². The number of benzene rings is 2. The van der Waals surface area contributed by atoms with E-state index in [0.717, 1.165) is 34.2 Å². The number of fused-ring (bicyclic) bond motifs is 2. The summed E-state index contributed by atoms with van der Waals surface area (Å²) in [6.45, 7) is 3.67. The average Bonchev–Trinajstić information content (AvgIpc) is 3.41. The van der Waals surface area contributed by atoms with E-state index in [1.165, 1.54) is 12.4 Å². The number of alkyl halides is 3. The van der Waals surface area contributed by atoms with Gasteiger partial charge in [-0.1, -0.05) is 18.2 Å². The lowest BCUT2D eigenvalue weighted by atomic mass is 10.0. The molecule has 0 aliphatic heterocycles. The summed E-state index contributed by atoms with van der Waals surface area (Å²) in [4.78, 5) is 24.8. The van der Waals surface area contributed by atoms with Crippen molar-refractivity contribution in [2.24, 2.45) is 0 Å². The summed E-state index contributed by atoms with van der Waals surface area (Å²) < 4.78 is 40.1. The van der Waals surface area contributed by atoms with Crippen molar-refractivity contribution in [1.29, 1.82) is 0 Å². The van der Waals surface area contributed by atoms with Crippen LogP contribution in [-0.2, 0) is 6.18 Å². The molecule has 6 aromatic rings. The molecule has 0 spiro atoms. The van der Waals surface area contributed by atoms with Crippen LogP contribution in [0.25, 0.3) is 33.1 Å². The fourth-order valence-corrected chi connectivity index (χ4v) is 4.66. The van der Waals surface area contributed by atoms with Crippen LogP contribution in [0.5, 0.6) is 0 Å². The molecule has 0 fully saturated rings. The predicted molar refractivity (Wildman–Crippen MR) is 149 cm³/mol. The number of pyridine rings is 1. The number of aromatic amines is 1. The third kappa shape index (κ3) is 4.64. The maximum absolute atomic E-state index is 13.4. The molecule has 0 aliphatic carbocycles. The Labute approximate surface area is 230 Å². The fraction of sp³-hybridized carbons (Fsp3) is 0.107. The zero-order valence-electron chi connectivity index (χ0n) is 21.1. The van der Waals surface area contributed by atoms with Crippen LogP contribution in [0.4, 0.5) is 36.2 Å². The Bertz CT molecular complexity index is 1900. The first-order valence-corrected chi connectivity index (χ1v) is 12.5. The van der Waals surface area contributed by atoms with Crippen molar-refractivity contribution in [3.8, 4) is 11.3 Å². The molecular formula is C28H20ClF3N8. The highest BCUT2D eigenvalue weighted by Gasteiger charge is 2.31. The van der Waals surface area contributed by atoms with Gasteiger partial charge in [-0.3, -0.25) is 0 Å². The Morgan fingerprint density at radius 1 is 0.825 bits per heavy atom. The molecule has 0 amide bonds. The highest BCUT2D eigenvalue weighted by atomic mass is 35.5. The monoisotopic (exact) mass is 560 g/mol. The third-order valence-corrected chi connectivity index (χ3v) is 6.77. The second-order valence-corrected chi connectivity index (χ2v) is 9.49. The molecule has 0 atom stereocenters. The van der Waals surface area contributed by atoms with Gasteiger partial charge in [0.1, 0.15) is 23.6 Å². The van der Waals surface area contributed by atoms with E-state index >= 15 is 0 Å². The molecule has 4 heterocycles.